The number of methoxy groups -OCH3 is 1. The smallest absolute Gasteiger partial charge is 0.305 e. The minimum atomic E-state index is -0.243. The molecule has 2 aromatic heterocycles. The number of aromatic amines is 1. The summed E-state index contributed by atoms with van der Waals surface area (Å²) in [7, 11) is 1.39. The van der Waals surface area contributed by atoms with Gasteiger partial charge in [0, 0.05) is 41.3 Å². The van der Waals surface area contributed by atoms with Gasteiger partial charge in [0.2, 0.25) is 0 Å². The van der Waals surface area contributed by atoms with Crippen LogP contribution in [0.3, 0.4) is 0 Å². The maximum atomic E-state index is 12.7. The van der Waals surface area contributed by atoms with Crippen molar-refractivity contribution in [1.82, 2.24) is 19.7 Å². The summed E-state index contributed by atoms with van der Waals surface area (Å²) in [5.41, 5.74) is 5.90. The van der Waals surface area contributed by atoms with Crippen molar-refractivity contribution in [3.05, 3.63) is 83.4 Å². The molecule has 0 bridgehead atoms. The highest BCUT2D eigenvalue weighted by Crippen LogP contribution is 2.21. The van der Waals surface area contributed by atoms with Crippen LogP contribution in [0.2, 0.25) is 0 Å². The zero-order chi connectivity index (χ0) is 23.4. The molecule has 0 aliphatic heterocycles. The first-order chi connectivity index (χ1) is 16.0. The molecule has 0 saturated carbocycles. The van der Waals surface area contributed by atoms with Gasteiger partial charge in [-0.2, -0.15) is 5.10 Å². The van der Waals surface area contributed by atoms with Crippen molar-refractivity contribution in [3.63, 3.8) is 0 Å². The van der Waals surface area contributed by atoms with Gasteiger partial charge in [-0.3, -0.25) is 9.59 Å². The quantitative estimate of drug-likeness (QED) is 0.416. The molecule has 2 aromatic carbocycles. The lowest BCUT2D eigenvalue weighted by Gasteiger charge is -2.08. The second kappa shape index (κ2) is 9.52. The predicted molar refractivity (Wildman–Crippen MR) is 125 cm³/mol. The summed E-state index contributed by atoms with van der Waals surface area (Å²) in [5.74, 6) is 0.341. The number of amides is 1. The highest BCUT2D eigenvalue weighted by Gasteiger charge is 2.15. The van der Waals surface area contributed by atoms with Crippen molar-refractivity contribution in [3.8, 4) is 17.1 Å². The molecule has 4 rings (SSSR count). The molecule has 0 aliphatic carbocycles. The molecule has 8 nitrogen and oxygen atoms in total. The summed E-state index contributed by atoms with van der Waals surface area (Å²) in [5, 5.41) is 7.52. The fourth-order valence-electron chi connectivity index (χ4n) is 3.71. The van der Waals surface area contributed by atoms with Crippen LogP contribution in [0.1, 0.15) is 33.7 Å². The highest BCUT2D eigenvalue weighted by molar-refractivity contribution is 6.04. The number of H-pyrrole nitrogens is 1. The topological polar surface area (TPSA) is 102 Å². The molecule has 2 N–H and O–H groups in total. The van der Waals surface area contributed by atoms with Crippen molar-refractivity contribution >= 4 is 17.6 Å². The largest absolute Gasteiger partial charge is 0.469 e. The third-order valence-corrected chi connectivity index (χ3v) is 5.54. The van der Waals surface area contributed by atoms with Gasteiger partial charge in [-0.15, -0.1) is 0 Å². The Morgan fingerprint density at radius 1 is 1.06 bits per heavy atom. The Kier molecular flexibility index (Phi) is 6.35. The molecule has 1 amide bonds. The van der Waals surface area contributed by atoms with E-state index in [0.29, 0.717) is 24.1 Å². The van der Waals surface area contributed by atoms with Crippen LogP contribution in [-0.4, -0.2) is 38.7 Å². The lowest BCUT2D eigenvalue weighted by Crippen LogP contribution is -2.12. The van der Waals surface area contributed by atoms with E-state index in [2.05, 4.69) is 20.4 Å². The molecule has 0 saturated heterocycles. The number of hydrogen-bond donors (Lipinski definition) is 2. The first-order valence-electron chi connectivity index (χ1n) is 10.6. The van der Waals surface area contributed by atoms with Gasteiger partial charge in [0.15, 0.2) is 0 Å². The van der Waals surface area contributed by atoms with Crippen molar-refractivity contribution in [2.75, 3.05) is 12.4 Å². The van der Waals surface area contributed by atoms with E-state index in [1.807, 2.05) is 54.9 Å². The van der Waals surface area contributed by atoms with E-state index < -0.39 is 0 Å². The summed E-state index contributed by atoms with van der Waals surface area (Å²) in [6, 6.07) is 14.7. The van der Waals surface area contributed by atoms with E-state index in [-0.39, 0.29) is 11.9 Å². The average molecular weight is 444 g/mol. The van der Waals surface area contributed by atoms with Gasteiger partial charge >= 0.3 is 5.97 Å². The standard InChI is InChI=1S/C25H25N5O3/c1-16-22(12-13-23(31)33-3)17(2)30(29-16)21-10-6-19(7-11-21)25(32)28-20-8-4-18(5-9-20)24-26-14-15-27-24/h4-11,14-15H,12-13H2,1-3H3,(H,26,27)(H,28,32). The van der Waals surface area contributed by atoms with Crippen LogP contribution in [-0.2, 0) is 16.0 Å². The summed E-state index contributed by atoms with van der Waals surface area (Å²) >= 11 is 0. The molecule has 0 aliphatic rings. The zero-order valence-electron chi connectivity index (χ0n) is 18.8. The van der Waals surface area contributed by atoms with E-state index in [4.69, 9.17) is 4.74 Å². The van der Waals surface area contributed by atoms with E-state index in [1.165, 1.54) is 7.11 Å². The van der Waals surface area contributed by atoms with Crippen LogP contribution in [0.25, 0.3) is 17.1 Å². The van der Waals surface area contributed by atoms with Crippen LogP contribution in [0, 0.1) is 13.8 Å². The maximum Gasteiger partial charge on any atom is 0.305 e. The van der Waals surface area contributed by atoms with E-state index >= 15 is 0 Å². The number of benzene rings is 2. The van der Waals surface area contributed by atoms with Gasteiger partial charge in [0.1, 0.15) is 5.82 Å². The number of hydrogen-bond acceptors (Lipinski definition) is 5. The number of aryl methyl sites for hydroxylation is 1. The SMILES string of the molecule is COC(=O)CCc1c(C)nn(-c2ccc(C(=O)Nc3ccc(-c4ncc[nH]4)cc3)cc2)c1C. The summed E-state index contributed by atoms with van der Waals surface area (Å²) in [6.07, 6.45) is 4.35. The Morgan fingerprint density at radius 2 is 1.79 bits per heavy atom. The van der Waals surface area contributed by atoms with Gasteiger partial charge in [0.05, 0.1) is 18.5 Å². The van der Waals surface area contributed by atoms with Crippen LogP contribution >= 0.6 is 0 Å². The minimum Gasteiger partial charge on any atom is -0.469 e. The second-order valence-corrected chi connectivity index (χ2v) is 7.65. The first kappa shape index (κ1) is 22.0. The van der Waals surface area contributed by atoms with Crippen LogP contribution < -0.4 is 5.32 Å². The van der Waals surface area contributed by atoms with Crippen molar-refractivity contribution in [2.24, 2.45) is 0 Å². The average Bonchev–Trinajstić information content (AvgIpc) is 3.46. The van der Waals surface area contributed by atoms with Gasteiger partial charge in [-0.1, -0.05) is 0 Å². The molecule has 0 fully saturated rings. The van der Waals surface area contributed by atoms with Gasteiger partial charge < -0.3 is 15.0 Å². The fourth-order valence-corrected chi connectivity index (χ4v) is 3.71. The van der Waals surface area contributed by atoms with E-state index in [0.717, 1.165) is 34.0 Å². The molecule has 0 radical (unpaired) electrons. The second-order valence-electron chi connectivity index (χ2n) is 7.65. The molecule has 168 valence electrons. The van der Waals surface area contributed by atoms with Crippen molar-refractivity contribution in [2.45, 2.75) is 26.7 Å². The molecule has 0 spiro atoms. The lowest BCUT2D eigenvalue weighted by atomic mass is 10.1. The monoisotopic (exact) mass is 443 g/mol. The van der Waals surface area contributed by atoms with Gasteiger partial charge in [-0.25, -0.2) is 9.67 Å². The summed E-state index contributed by atoms with van der Waals surface area (Å²) < 4.78 is 6.57. The van der Waals surface area contributed by atoms with Gasteiger partial charge in [0.25, 0.3) is 5.91 Å². The molecule has 0 unspecified atom stereocenters. The summed E-state index contributed by atoms with van der Waals surface area (Å²) in [6.45, 7) is 3.90. The fraction of sp³-hybridized carbons (Fsp3) is 0.200. The van der Waals surface area contributed by atoms with Crippen LogP contribution in [0.15, 0.2) is 60.9 Å². The Labute approximate surface area is 191 Å². The molecular weight excluding hydrogens is 418 g/mol. The van der Waals surface area contributed by atoms with E-state index in [9.17, 15) is 9.59 Å². The Morgan fingerprint density at radius 3 is 2.42 bits per heavy atom. The normalized spacial score (nSPS) is 10.8. The lowest BCUT2D eigenvalue weighted by molar-refractivity contribution is -0.140. The first-order valence-corrected chi connectivity index (χ1v) is 10.6. The van der Waals surface area contributed by atoms with Crippen LogP contribution in [0.4, 0.5) is 5.69 Å². The molecular formula is C25H25N5O3. The Bertz CT molecular complexity index is 1260. The molecule has 2 heterocycles. The maximum absolute atomic E-state index is 12.7. The van der Waals surface area contributed by atoms with E-state index in [1.54, 1.807) is 24.5 Å². The molecule has 33 heavy (non-hydrogen) atoms. The number of nitrogens with one attached hydrogen (secondary N) is 2. The Balaban J connectivity index is 1.45. The number of carbonyl (C=O) groups excluding carboxylic acids is 2. The Hall–Kier alpha value is -4.20. The number of aromatic nitrogens is 4. The van der Waals surface area contributed by atoms with Crippen molar-refractivity contribution in [1.29, 1.82) is 0 Å². The third kappa shape index (κ3) is 4.85. The third-order valence-electron chi connectivity index (χ3n) is 5.54. The number of imidazole rings is 1. The number of ether oxygens (including phenoxy) is 1. The number of esters is 1. The van der Waals surface area contributed by atoms with Crippen LogP contribution in [0.5, 0.6) is 0 Å². The van der Waals surface area contributed by atoms with Crippen molar-refractivity contribution < 1.29 is 14.3 Å². The zero-order valence-corrected chi connectivity index (χ0v) is 18.8. The molecule has 0 atom stereocenters. The van der Waals surface area contributed by atoms with Gasteiger partial charge in [-0.05, 0) is 74.4 Å². The number of carbonyl (C=O) groups is 2. The molecule has 8 heteroatoms. The minimum absolute atomic E-state index is 0.195. The number of anilines is 1. The summed E-state index contributed by atoms with van der Waals surface area (Å²) in [4.78, 5) is 31.5. The number of nitrogens with zero attached hydrogens (tertiary/aromatic N) is 3. The number of rotatable bonds is 7. The predicted octanol–water partition coefficient (Wildman–Crippen LogP) is 4.24. The highest BCUT2D eigenvalue weighted by atomic mass is 16.5. The molecule has 4 aromatic rings.